The lowest BCUT2D eigenvalue weighted by Gasteiger charge is -2.52. The van der Waals surface area contributed by atoms with Crippen LogP contribution in [0.3, 0.4) is 0 Å². The van der Waals surface area contributed by atoms with Crippen molar-refractivity contribution < 1.29 is 33.7 Å². The number of aliphatic hydroxyl groups is 1. The molecule has 0 bridgehead atoms. The highest BCUT2D eigenvalue weighted by atomic mass is 32.1. The number of benzene rings is 1. The van der Waals surface area contributed by atoms with Crippen molar-refractivity contribution in [3.05, 3.63) is 63.0 Å². The third kappa shape index (κ3) is 6.00. The first-order valence-corrected chi connectivity index (χ1v) is 16.1. The zero-order valence-electron chi connectivity index (χ0n) is 27.0. The number of fused-ring (bicyclic) bond motifs is 1. The van der Waals surface area contributed by atoms with Crippen LogP contribution in [0.5, 0.6) is 0 Å². The summed E-state index contributed by atoms with van der Waals surface area (Å²) < 4.78 is 20.3. The van der Waals surface area contributed by atoms with Crippen molar-refractivity contribution in [2.75, 3.05) is 45.9 Å². The number of carboxylic acids is 1. The molecular weight excluding hydrogens is 615 g/mol. The zero-order valence-corrected chi connectivity index (χ0v) is 27.8. The summed E-state index contributed by atoms with van der Waals surface area (Å²) in [5.41, 5.74) is -2.00. The largest absolute Gasteiger partial charge is 0.481 e. The number of aromatic nitrogens is 1. The molecule has 5 rings (SSSR count). The summed E-state index contributed by atoms with van der Waals surface area (Å²) in [5, 5.41) is 27.0. The van der Waals surface area contributed by atoms with Gasteiger partial charge in [0.1, 0.15) is 17.4 Å². The van der Waals surface area contributed by atoms with Crippen molar-refractivity contribution in [3.63, 3.8) is 0 Å². The molecule has 4 heterocycles. The number of aliphatic carboxylic acids is 1. The Hall–Kier alpha value is -3.88. The molecular formula is C32H41FN6O6S. The highest BCUT2D eigenvalue weighted by Gasteiger charge is 2.60. The maximum absolute atomic E-state index is 14.8. The average molecular weight is 657 g/mol. The fraction of sp³-hybridized carbons (Fsp3) is 0.531. The van der Waals surface area contributed by atoms with E-state index in [0.717, 1.165) is 0 Å². The molecule has 0 spiro atoms. The number of carboxylic acid groups (broad SMARTS) is 1. The first-order valence-electron chi connectivity index (χ1n) is 15.2. The van der Waals surface area contributed by atoms with Gasteiger partial charge in [-0.05, 0) is 58.7 Å². The molecule has 46 heavy (non-hydrogen) atoms. The van der Waals surface area contributed by atoms with E-state index in [1.807, 2.05) is 5.38 Å². The van der Waals surface area contributed by atoms with Gasteiger partial charge < -0.3 is 30.1 Å². The summed E-state index contributed by atoms with van der Waals surface area (Å²) in [6, 6.07) is 3.49. The van der Waals surface area contributed by atoms with Gasteiger partial charge >= 0.3 is 18.0 Å². The zero-order chi connectivity index (χ0) is 33.6. The minimum absolute atomic E-state index is 0.0164. The molecule has 2 fully saturated rings. The number of piperazine rings is 1. The third-order valence-corrected chi connectivity index (χ3v) is 9.92. The van der Waals surface area contributed by atoms with Crippen LogP contribution in [-0.2, 0) is 14.3 Å². The number of amides is 2. The standard InChI is InChI=1S/C32H41FN6O6S/c1-7-45-27(40)23-22(35-25(26-34-11-14-46-26)36-24(23)20-9-8-10-21(33)19(20)2)15-37-12-13-39-29(43)38(16-30(3,4)28(41)42)18-32(39,17-37)31(5,6)44/h8-11,14,24,44H,7,12-13,15-18H2,1-6H3,(H,35,36)(H,41,42)/t24-,32?/m0/s1. The summed E-state index contributed by atoms with van der Waals surface area (Å²) in [6.45, 7) is 11.2. The van der Waals surface area contributed by atoms with Crippen LogP contribution in [0.4, 0.5) is 9.18 Å². The van der Waals surface area contributed by atoms with E-state index in [9.17, 15) is 29.0 Å². The molecule has 2 amide bonds. The Bertz CT molecular complexity index is 1590. The fourth-order valence-corrected chi connectivity index (χ4v) is 7.05. The lowest BCUT2D eigenvalue weighted by molar-refractivity contribution is -0.147. The van der Waals surface area contributed by atoms with Gasteiger partial charge in [0.25, 0.3) is 0 Å². The average Bonchev–Trinajstić information content (AvgIpc) is 3.61. The van der Waals surface area contributed by atoms with Crippen LogP contribution in [0, 0.1) is 18.2 Å². The molecule has 12 nitrogen and oxygen atoms in total. The number of hydrogen-bond acceptors (Lipinski definition) is 10. The monoisotopic (exact) mass is 656 g/mol. The van der Waals surface area contributed by atoms with E-state index in [1.165, 1.54) is 22.3 Å². The normalized spacial score (nSPS) is 22.5. The summed E-state index contributed by atoms with van der Waals surface area (Å²) in [7, 11) is 0. The van der Waals surface area contributed by atoms with Crippen molar-refractivity contribution in [2.45, 2.75) is 58.7 Å². The Balaban J connectivity index is 1.55. The van der Waals surface area contributed by atoms with Crippen molar-refractivity contribution in [1.82, 2.24) is 25.0 Å². The molecule has 0 aliphatic carbocycles. The second-order valence-corrected chi connectivity index (χ2v) is 14.1. The first kappa shape index (κ1) is 33.5. The van der Waals surface area contributed by atoms with E-state index < -0.39 is 40.4 Å². The highest BCUT2D eigenvalue weighted by Crippen LogP contribution is 2.41. The van der Waals surface area contributed by atoms with Gasteiger partial charge in [0.2, 0.25) is 0 Å². The molecule has 0 saturated carbocycles. The van der Waals surface area contributed by atoms with Gasteiger partial charge in [-0.15, -0.1) is 11.3 Å². The number of thiazole rings is 1. The molecule has 2 atom stereocenters. The van der Waals surface area contributed by atoms with Gasteiger partial charge in [0.05, 0.1) is 23.2 Å². The van der Waals surface area contributed by atoms with Crippen LogP contribution < -0.4 is 5.32 Å². The Morgan fingerprint density at radius 2 is 1.96 bits per heavy atom. The molecule has 1 unspecified atom stereocenters. The Labute approximate surface area is 271 Å². The molecule has 248 valence electrons. The number of carbonyl (C=O) groups is 3. The molecule has 0 radical (unpaired) electrons. The van der Waals surface area contributed by atoms with Gasteiger partial charge in [0, 0.05) is 56.5 Å². The van der Waals surface area contributed by atoms with Gasteiger partial charge in [-0.3, -0.25) is 14.7 Å². The summed E-state index contributed by atoms with van der Waals surface area (Å²) in [4.78, 5) is 53.7. The maximum Gasteiger partial charge on any atom is 0.338 e. The number of esters is 1. The number of nitrogens with one attached hydrogen (secondary N) is 1. The smallest absolute Gasteiger partial charge is 0.338 e. The summed E-state index contributed by atoms with van der Waals surface area (Å²) in [6.07, 6.45) is 1.65. The number of halogens is 1. The molecule has 1 aromatic heterocycles. The number of nitrogens with zero attached hydrogens (tertiary/aromatic N) is 5. The fourth-order valence-electron chi connectivity index (χ4n) is 6.47. The molecule has 3 aliphatic heterocycles. The SMILES string of the molecule is CCOC(=O)C1=C(CN2CCN3C(=O)N(CC(C)(C)C(=O)O)CC3(C(C)(C)O)C2)NC(c2nccs2)=N[C@H]1c1cccc(F)c1C. The van der Waals surface area contributed by atoms with Crippen LogP contribution in [0.1, 0.15) is 56.8 Å². The van der Waals surface area contributed by atoms with E-state index >= 15 is 0 Å². The number of hydrogen-bond donors (Lipinski definition) is 3. The lowest BCUT2D eigenvalue weighted by atomic mass is 9.79. The number of urea groups is 1. The van der Waals surface area contributed by atoms with Crippen molar-refractivity contribution >= 4 is 35.1 Å². The number of aliphatic imine (C=N–C) groups is 1. The van der Waals surface area contributed by atoms with Crippen molar-refractivity contribution in [1.29, 1.82) is 0 Å². The third-order valence-electron chi connectivity index (χ3n) is 9.14. The second-order valence-electron chi connectivity index (χ2n) is 13.2. The highest BCUT2D eigenvalue weighted by molar-refractivity contribution is 7.11. The van der Waals surface area contributed by atoms with Gasteiger partial charge in [0.15, 0.2) is 10.8 Å². The Morgan fingerprint density at radius 1 is 1.22 bits per heavy atom. The minimum Gasteiger partial charge on any atom is -0.481 e. The van der Waals surface area contributed by atoms with Crippen LogP contribution in [-0.4, -0.2) is 111 Å². The van der Waals surface area contributed by atoms with Gasteiger partial charge in [-0.2, -0.15) is 0 Å². The molecule has 1 aromatic carbocycles. The van der Waals surface area contributed by atoms with Crippen LogP contribution in [0.2, 0.25) is 0 Å². The Morgan fingerprint density at radius 3 is 2.59 bits per heavy atom. The van der Waals surface area contributed by atoms with E-state index in [-0.39, 0.29) is 50.9 Å². The van der Waals surface area contributed by atoms with E-state index in [1.54, 1.807) is 64.8 Å². The predicted molar refractivity (Wildman–Crippen MR) is 170 cm³/mol. The van der Waals surface area contributed by atoms with E-state index in [4.69, 9.17) is 9.73 Å². The molecule has 3 aliphatic rings. The molecule has 3 N–H and O–H groups in total. The van der Waals surface area contributed by atoms with Gasteiger partial charge in [-0.25, -0.2) is 19.0 Å². The quantitative estimate of drug-likeness (QED) is 0.328. The Kier molecular flexibility index (Phi) is 9.01. The van der Waals surface area contributed by atoms with E-state index in [2.05, 4.69) is 15.2 Å². The summed E-state index contributed by atoms with van der Waals surface area (Å²) in [5.74, 6) is -1.60. The summed E-state index contributed by atoms with van der Waals surface area (Å²) >= 11 is 1.37. The number of amidine groups is 1. The van der Waals surface area contributed by atoms with Crippen LogP contribution in [0.25, 0.3) is 0 Å². The van der Waals surface area contributed by atoms with Crippen molar-refractivity contribution in [3.8, 4) is 0 Å². The number of carbonyl (C=O) groups excluding carboxylic acids is 2. The van der Waals surface area contributed by atoms with Crippen molar-refractivity contribution in [2.24, 2.45) is 10.4 Å². The van der Waals surface area contributed by atoms with Crippen LogP contribution >= 0.6 is 11.3 Å². The van der Waals surface area contributed by atoms with E-state index in [0.29, 0.717) is 34.2 Å². The van der Waals surface area contributed by atoms with Crippen LogP contribution in [0.15, 0.2) is 46.0 Å². The molecule has 14 heteroatoms. The molecule has 2 saturated heterocycles. The number of rotatable bonds is 10. The minimum atomic E-state index is -1.36. The lowest BCUT2D eigenvalue weighted by Crippen LogP contribution is -2.70. The van der Waals surface area contributed by atoms with Gasteiger partial charge in [-0.1, -0.05) is 12.1 Å². The molecule has 2 aromatic rings. The predicted octanol–water partition coefficient (Wildman–Crippen LogP) is 3.17. The first-order chi connectivity index (χ1) is 21.6. The topological polar surface area (TPSA) is 148 Å². The maximum atomic E-state index is 14.8. The number of ether oxygens (including phenoxy) is 1. The second kappa shape index (κ2) is 12.4.